The van der Waals surface area contributed by atoms with Crippen LogP contribution in [0.1, 0.15) is 103 Å². The van der Waals surface area contributed by atoms with Crippen molar-refractivity contribution in [2.24, 2.45) is 5.92 Å². The van der Waals surface area contributed by atoms with Crippen LogP contribution in [-0.4, -0.2) is 12.1 Å². The predicted molar refractivity (Wildman–Crippen MR) is 143 cm³/mol. The van der Waals surface area contributed by atoms with E-state index >= 15 is 0 Å². The highest BCUT2D eigenvalue weighted by Gasteiger charge is 2.17. The van der Waals surface area contributed by atoms with Crippen molar-refractivity contribution < 1.29 is 9.53 Å². The monoisotopic (exact) mass is 461 g/mol. The average Bonchev–Trinajstić information content (AvgIpc) is 2.87. The van der Waals surface area contributed by atoms with Gasteiger partial charge in [-0.05, 0) is 49.2 Å². The molecule has 0 aliphatic carbocycles. The Hall–Kier alpha value is -2.73. The lowest BCUT2D eigenvalue weighted by molar-refractivity contribution is -0.127. The number of hydrogen-bond acceptors (Lipinski definition) is 2. The van der Waals surface area contributed by atoms with Crippen molar-refractivity contribution >= 4 is 5.91 Å². The number of hydrogen-bond donors (Lipinski definition) is 1. The molecule has 0 aliphatic heterocycles. The standard InChI is InChI=1S/C31H43NO2/c1-4-6-7-8-9-10-11-12-16-19-30(32-31(33)26(3)5-2)34-29-24-22-28(23-25-29)21-20-27-17-14-13-15-18-27/h13-15,17-18,22-26,30H,4-12,16,19H2,1-3H3,(H,32,33). The van der Waals surface area contributed by atoms with E-state index in [1.54, 1.807) is 0 Å². The molecule has 3 heteroatoms. The van der Waals surface area contributed by atoms with Gasteiger partial charge in [0.15, 0.2) is 6.23 Å². The smallest absolute Gasteiger partial charge is 0.225 e. The van der Waals surface area contributed by atoms with Crippen LogP contribution in [-0.2, 0) is 4.79 Å². The largest absolute Gasteiger partial charge is 0.471 e. The number of carbonyl (C=O) groups excluding carboxylic acids is 1. The summed E-state index contributed by atoms with van der Waals surface area (Å²) in [6.45, 7) is 6.26. The van der Waals surface area contributed by atoms with Gasteiger partial charge >= 0.3 is 0 Å². The minimum absolute atomic E-state index is 0.00939. The molecule has 0 radical (unpaired) electrons. The van der Waals surface area contributed by atoms with Gasteiger partial charge in [0.1, 0.15) is 5.75 Å². The summed E-state index contributed by atoms with van der Waals surface area (Å²) in [5, 5.41) is 3.11. The molecule has 0 aromatic heterocycles. The Bertz CT molecular complexity index is 864. The Morgan fingerprint density at radius 3 is 1.94 bits per heavy atom. The Balaban J connectivity index is 1.85. The quantitative estimate of drug-likeness (QED) is 0.166. The van der Waals surface area contributed by atoms with Crippen LogP contribution in [0.4, 0.5) is 0 Å². The van der Waals surface area contributed by atoms with Crippen molar-refractivity contribution in [3.8, 4) is 17.6 Å². The topological polar surface area (TPSA) is 38.3 Å². The third kappa shape index (κ3) is 11.4. The lowest BCUT2D eigenvalue weighted by Crippen LogP contribution is -2.41. The van der Waals surface area contributed by atoms with Gasteiger partial charge in [0.05, 0.1) is 0 Å². The lowest BCUT2D eigenvalue weighted by Gasteiger charge is -2.22. The molecular formula is C31H43NO2. The van der Waals surface area contributed by atoms with Crippen molar-refractivity contribution in [2.75, 3.05) is 0 Å². The van der Waals surface area contributed by atoms with E-state index in [4.69, 9.17) is 4.74 Å². The SMILES string of the molecule is CCCCCCCCCCCC(NC(=O)C(C)CC)Oc1ccc(C#Cc2ccccc2)cc1. The zero-order valence-corrected chi connectivity index (χ0v) is 21.4. The fraction of sp³-hybridized carbons (Fsp3) is 0.516. The number of carbonyl (C=O) groups is 1. The van der Waals surface area contributed by atoms with E-state index in [1.165, 1.54) is 51.4 Å². The number of rotatable bonds is 15. The summed E-state index contributed by atoms with van der Waals surface area (Å²) in [4.78, 5) is 12.5. The minimum Gasteiger partial charge on any atom is -0.471 e. The molecule has 2 unspecified atom stereocenters. The van der Waals surface area contributed by atoms with E-state index in [9.17, 15) is 4.79 Å². The first kappa shape index (κ1) is 27.5. The minimum atomic E-state index is -0.299. The molecule has 0 fully saturated rings. The summed E-state index contributed by atoms with van der Waals surface area (Å²) in [5.41, 5.74) is 1.94. The van der Waals surface area contributed by atoms with Gasteiger partial charge in [-0.15, -0.1) is 0 Å². The summed E-state index contributed by atoms with van der Waals surface area (Å²) < 4.78 is 6.19. The molecular weight excluding hydrogens is 418 g/mol. The van der Waals surface area contributed by atoms with Crippen LogP contribution < -0.4 is 10.1 Å². The molecule has 2 aromatic rings. The molecule has 0 bridgehead atoms. The molecule has 0 saturated heterocycles. The molecule has 2 rings (SSSR count). The molecule has 0 spiro atoms. The highest BCUT2D eigenvalue weighted by Crippen LogP contribution is 2.17. The maximum atomic E-state index is 12.5. The summed E-state index contributed by atoms with van der Waals surface area (Å²) in [6.07, 6.45) is 12.9. The molecule has 3 nitrogen and oxygen atoms in total. The summed E-state index contributed by atoms with van der Waals surface area (Å²) in [6, 6.07) is 17.8. The van der Waals surface area contributed by atoms with Crippen LogP contribution in [0.25, 0.3) is 0 Å². The van der Waals surface area contributed by atoms with Gasteiger partial charge in [-0.2, -0.15) is 0 Å². The van der Waals surface area contributed by atoms with Gasteiger partial charge < -0.3 is 10.1 Å². The van der Waals surface area contributed by atoms with Crippen molar-refractivity contribution in [1.82, 2.24) is 5.32 Å². The van der Waals surface area contributed by atoms with E-state index < -0.39 is 0 Å². The first-order valence-corrected chi connectivity index (χ1v) is 13.3. The third-order valence-electron chi connectivity index (χ3n) is 6.19. The zero-order chi connectivity index (χ0) is 24.4. The van der Waals surface area contributed by atoms with E-state index in [-0.39, 0.29) is 18.1 Å². The predicted octanol–water partition coefficient (Wildman–Crippen LogP) is 7.87. The van der Waals surface area contributed by atoms with E-state index in [1.807, 2.05) is 68.4 Å². The molecule has 1 amide bonds. The third-order valence-corrected chi connectivity index (χ3v) is 6.19. The number of unbranched alkanes of at least 4 members (excludes halogenated alkanes) is 8. The second kappa shape index (κ2) is 16.8. The van der Waals surface area contributed by atoms with E-state index in [2.05, 4.69) is 24.1 Å². The van der Waals surface area contributed by atoms with E-state index in [0.29, 0.717) is 0 Å². The maximum Gasteiger partial charge on any atom is 0.225 e. The molecule has 0 saturated carbocycles. The van der Waals surface area contributed by atoms with Crippen molar-refractivity contribution in [1.29, 1.82) is 0 Å². The fourth-order valence-electron chi connectivity index (χ4n) is 3.73. The first-order valence-electron chi connectivity index (χ1n) is 13.3. The van der Waals surface area contributed by atoms with Gasteiger partial charge in [-0.1, -0.05) is 102 Å². The summed E-state index contributed by atoms with van der Waals surface area (Å²) in [5.74, 6) is 7.18. The first-order chi connectivity index (χ1) is 16.6. The average molecular weight is 462 g/mol. The number of ether oxygens (including phenoxy) is 1. The van der Waals surface area contributed by atoms with Crippen molar-refractivity contribution in [3.63, 3.8) is 0 Å². The van der Waals surface area contributed by atoms with Crippen molar-refractivity contribution in [3.05, 3.63) is 65.7 Å². The van der Waals surface area contributed by atoms with Crippen LogP contribution in [0.3, 0.4) is 0 Å². The Morgan fingerprint density at radius 2 is 1.35 bits per heavy atom. The lowest BCUT2D eigenvalue weighted by atomic mass is 10.1. The Kier molecular flexibility index (Phi) is 13.6. The molecule has 184 valence electrons. The molecule has 2 atom stereocenters. The Labute approximate surface area is 207 Å². The van der Waals surface area contributed by atoms with Crippen molar-refractivity contribution in [2.45, 2.75) is 97.6 Å². The molecule has 0 aliphatic rings. The van der Waals surface area contributed by atoms with Crippen LogP contribution >= 0.6 is 0 Å². The van der Waals surface area contributed by atoms with E-state index in [0.717, 1.165) is 36.1 Å². The maximum absolute atomic E-state index is 12.5. The fourth-order valence-corrected chi connectivity index (χ4v) is 3.73. The summed E-state index contributed by atoms with van der Waals surface area (Å²) >= 11 is 0. The van der Waals surface area contributed by atoms with Crippen LogP contribution in [0, 0.1) is 17.8 Å². The molecule has 0 heterocycles. The summed E-state index contributed by atoms with van der Waals surface area (Å²) in [7, 11) is 0. The normalized spacial score (nSPS) is 12.3. The molecule has 34 heavy (non-hydrogen) atoms. The van der Waals surface area contributed by atoms with Gasteiger partial charge in [-0.3, -0.25) is 4.79 Å². The van der Waals surface area contributed by atoms with Crippen LogP contribution in [0.5, 0.6) is 5.75 Å². The van der Waals surface area contributed by atoms with Gasteiger partial charge in [-0.25, -0.2) is 0 Å². The van der Waals surface area contributed by atoms with Crippen LogP contribution in [0.15, 0.2) is 54.6 Å². The molecule has 2 aromatic carbocycles. The van der Waals surface area contributed by atoms with Gasteiger partial charge in [0.2, 0.25) is 5.91 Å². The number of benzene rings is 2. The van der Waals surface area contributed by atoms with Gasteiger partial charge in [0, 0.05) is 23.5 Å². The molecule has 1 N–H and O–H groups in total. The highest BCUT2D eigenvalue weighted by molar-refractivity contribution is 5.78. The Morgan fingerprint density at radius 1 is 0.794 bits per heavy atom. The zero-order valence-electron chi connectivity index (χ0n) is 21.4. The highest BCUT2D eigenvalue weighted by atomic mass is 16.5. The van der Waals surface area contributed by atoms with Crippen LogP contribution in [0.2, 0.25) is 0 Å². The second-order valence-corrected chi connectivity index (χ2v) is 9.18. The second-order valence-electron chi connectivity index (χ2n) is 9.18. The number of amides is 1. The van der Waals surface area contributed by atoms with Gasteiger partial charge in [0.25, 0.3) is 0 Å². The number of nitrogens with one attached hydrogen (secondary N) is 1.